The van der Waals surface area contributed by atoms with Crippen molar-refractivity contribution in [3.63, 3.8) is 0 Å². The normalized spacial score (nSPS) is 20.3. The van der Waals surface area contributed by atoms with Gasteiger partial charge in [-0.15, -0.1) is 0 Å². The van der Waals surface area contributed by atoms with Gasteiger partial charge in [-0.25, -0.2) is 0 Å². The summed E-state index contributed by atoms with van der Waals surface area (Å²) in [6.07, 6.45) is 0. The summed E-state index contributed by atoms with van der Waals surface area (Å²) in [7, 11) is 0. The Morgan fingerprint density at radius 1 is 0.500 bits per heavy atom. The maximum absolute atomic E-state index is 2.33. The predicted octanol–water partition coefficient (Wildman–Crippen LogP) is 5.29. The number of hydrogen-bond acceptors (Lipinski definition) is 0. The Morgan fingerprint density at radius 2 is 0.818 bits per heavy atom. The zero-order valence-corrected chi connectivity index (χ0v) is 12.9. The third kappa shape index (κ3) is 1.33. The molecule has 0 spiro atoms. The van der Waals surface area contributed by atoms with Gasteiger partial charge in [-0.2, -0.15) is 0 Å². The summed E-state index contributed by atoms with van der Waals surface area (Å²) in [5.41, 5.74) is 12.0. The van der Waals surface area contributed by atoms with E-state index in [1.54, 1.807) is 11.1 Å². The molecule has 0 heteroatoms. The summed E-state index contributed by atoms with van der Waals surface area (Å²) in [6, 6.07) is 22.6. The van der Waals surface area contributed by atoms with Crippen LogP contribution in [0, 0.1) is 13.8 Å². The summed E-state index contributed by atoms with van der Waals surface area (Å²) in [5.74, 6) is 0.819. The standard InChI is InChI=1S/C22H18/c1-13-11-12-14(2)20-19(13)21-15-7-3-5-9-17(15)22(20)18-10-6-4-8-16(18)21/h3-12,21-22H,1-2H3. The van der Waals surface area contributed by atoms with Crippen molar-refractivity contribution in [3.05, 3.63) is 105 Å². The van der Waals surface area contributed by atoms with Crippen LogP contribution < -0.4 is 0 Å². The van der Waals surface area contributed by atoms with Gasteiger partial charge < -0.3 is 0 Å². The first-order valence-corrected chi connectivity index (χ1v) is 8.05. The predicted molar refractivity (Wildman–Crippen MR) is 90.7 cm³/mol. The molecule has 106 valence electrons. The molecule has 0 radical (unpaired) electrons. The largest absolute Gasteiger partial charge is 0.0619 e. The smallest absolute Gasteiger partial charge is 0.0351 e. The van der Waals surface area contributed by atoms with Crippen LogP contribution in [-0.2, 0) is 0 Å². The van der Waals surface area contributed by atoms with Crippen molar-refractivity contribution in [1.29, 1.82) is 0 Å². The van der Waals surface area contributed by atoms with Crippen molar-refractivity contribution in [3.8, 4) is 0 Å². The second-order valence-electron chi connectivity index (χ2n) is 6.65. The molecule has 0 nitrogen and oxygen atoms in total. The second kappa shape index (κ2) is 4.10. The van der Waals surface area contributed by atoms with Crippen LogP contribution in [0.1, 0.15) is 56.3 Å². The van der Waals surface area contributed by atoms with Crippen molar-refractivity contribution >= 4 is 0 Å². The number of hydrogen-bond donors (Lipinski definition) is 0. The minimum Gasteiger partial charge on any atom is -0.0619 e. The molecule has 2 bridgehead atoms. The highest BCUT2D eigenvalue weighted by molar-refractivity contribution is 5.70. The Bertz CT molecular complexity index is 795. The van der Waals surface area contributed by atoms with E-state index in [9.17, 15) is 0 Å². The van der Waals surface area contributed by atoms with Crippen LogP contribution in [0.4, 0.5) is 0 Å². The molecule has 0 atom stereocenters. The van der Waals surface area contributed by atoms with Gasteiger partial charge in [0.25, 0.3) is 0 Å². The zero-order chi connectivity index (χ0) is 14.8. The number of aryl methyl sites for hydroxylation is 2. The molecule has 22 heavy (non-hydrogen) atoms. The summed E-state index contributed by atoms with van der Waals surface area (Å²) >= 11 is 0. The van der Waals surface area contributed by atoms with Gasteiger partial charge in [0, 0.05) is 11.8 Å². The maximum atomic E-state index is 2.33. The highest BCUT2D eigenvalue weighted by Gasteiger charge is 2.42. The Kier molecular flexibility index (Phi) is 2.28. The minimum atomic E-state index is 0.410. The number of rotatable bonds is 0. The van der Waals surface area contributed by atoms with E-state index in [1.807, 2.05) is 0 Å². The molecular formula is C22H18. The van der Waals surface area contributed by atoms with Gasteiger partial charge in [-0.3, -0.25) is 0 Å². The molecule has 0 aliphatic heterocycles. The van der Waals surface area contributed by atoms with E-state index in [2.05, 4.69) is 74.5 Å². The second-order valence-corrected chi connectivity index (χ2v) is 6.65. The lowest BCUT2D eigenvalue weighted by atomic mass is 9.59. The van der Waals surface area contributed by atoms with Crippen molar-refractivity contribution in [2.24, 2.45) is 0 Å². The zero-order valence-electron chi connectivity index (χ0n) is 12.9. The number of benzene rings is 3. The SMILES string of the molecule is Cc1ccc(C)c2c1C1c3ccccc3C2c2ccccc21. The average Bonchev–Trinajstić information content (AvgIpc) is 2.58. The van der Waals surface area contributed by atoms with Crippen molar-refractivity contribution in [2.45, 2.75) is 25.7 Å². The van der Waals surface area contributed by atoms with E-state index in [1.165, 1.54) is 33.4 Å². The molecule has 6 rings (SSSR count). The van der Waals surface area contributed by atoms with Crippen molar-refractivity contribution in [2.75, 3.05) is 0 Å². The molecule has 0 aromatic heterocycles. The lowest BCUT2D eigenvalue weighted by molar-refractivity contribution is 0.743. The molecule has 3 aromatic carbocycles. The van der Waals surface area contributed by atoms with Crippen LogP contribution in [0.15, 0.2) is 60.7 Å². The summed E-state index contributed by atoms with van der Waals surface area (Å²) in [6.45, 7) is 4.54. The van der Waals surface area contributed by atoms with Gasteiger partial charge >= 0.3 is 0 Å². The molecule has 3 aliphatic carbocycles. The van der Waals surface area contributed by atoms with E-state index in [0.717, 1.165) is 0 Å². The molecule has 3 aliphatic rings. The summed E-state index contributed by atoms with van der Waals surface area (Å²) < 4.78 is 0. The van der Waals surface area contributed by atoms with Gasteiger partial charge in [0.2, 0.25) is 0 Å². The fraction of sp³-hybridized carbons (Fsp3) is 0.182. The Morgan fingerprint density at radius 3 is 1.14 bits per heavy atom. The maximum Gasteiger partial charge on any atom is 0.0351 e. The van der Waals surface area contributed by atoms with Crippen LogP contribution in [0.5, 0.6) is 0 Å². The Hall–Kier alpha value is -2.34. The van der Waals surface area contributed by atoms with E-state index in [0.29, 0.717) is 11.8 Å². The summed E-state index contributed by atoms with van der Waals surface area (Å²) in [4.78, 5) is 0. The van der Waals surface area contributed by atoms with Gasteiger partial charge in [-0.1, -0.05) is 60.7 Å². The van der Waals surface area contributed by atoms with Crippen LogP contribution in [0.25, 0.3) is 0 Å². The Labute approximate surface area is 131 Å². The first kappa shape index (κ1) is 12.2. The third-order valence-electron chi connectivity index (χ3n) is 5.54. The van der Waals surface area contributed by atoms with Gasteiger partial charge in [0.1, 0.15) is 0 Å². The topological polar surface area (TPSA) is 0 Å². The molecule has 0 saturated carbocycles. The molecule has 0 fully saturated rings. The molecule has 3 aromatic rings. The Balaban J connectivity index is 1.96. The van der Waals surface area contributed by atoms with Gasteiger partial charge in [0.05, 0.1) is 0 Å². The third-order valence-corrected chi connectivity index (χ3v) is 5.54. The van der Waals surface area contributed by atoms with E-state index < -0.39 is 0 Å². The van der Waals surface area contributed by atoms with E-state index in [-0.39, 0.29) is 0 Å². The van der Waals surface area contributed by atoms with Crippen molar-refractivity contribution in [1.82, 2.24) is 0 Å². The van der Waals surface area contributed by atoms with Crippen LogP contribution in [-0.4, -0.2) is 0 Å². The van der Waals surface area contributed by atoms with Gasteiger partial charge in [0.15, 0.2) is 0 Å². The fourth-order valence-electron chi connectivity index (χ4n) is 4.65. The first-order chi connectivity index (χ1) is 10.8. The highest BCUT2D eigenvalue weighted by Crippen LogP contribution is 2.56. The van der Waals surface area contributed by atoms with Crippen molar-refractivity contribution < 1.29 is 0 Å². The lowest BCUT2D eigenvalue weighted by Gasteiger charge is -2.43. The first-order valence-electron chi connectivity index (χ1n) is 8.05. The minimum absolute atomic E-state index is 0.410. The molecule has 0 heterocycles. The van der Waals surface area contributed by atoms with Crippen LogP contribution in [0.3, 0.4) is 0 Å². The average molecular weight is 282 g/mol. The molecule has 0 N–H and O–H groups in total. The quantitative estimate of drug-likeness (QED) is 0.362. The van der Waals surface area contributed by atoms with Gasteiger partial charge in [-0.05, 0) is 58.4 Å². The summed E-state index contributed by atoms with van der Waals surface area (Å²) in [5, 5.41) is 0. The van der Waals surface area contributed by atoms with Crippen LogP contribution in [0.2, 0.25) is 0 Å². The monoisotopic (exact) mass is 282 g/mol. The lowest BCUT2D eigenvalue weighted by Crippen LogP contribution is -2.29. The molecule has 0 unspecified atom stereocenters. The molecular weight excluding hydrogens is 264 g/mol. The van der Waals surface area contributed by atoms with Crippen LogP contribution >= 0.6 is 0 Å². The fourth-order valence-corrected chi connectivity index (χ4v) is 4.65. The molecule has 0 saturated heterocycles. The molecule has 0 amide bonds. The highest BCUT2D eigenvalue weighted by atomic mass is 14.4. The van der Waals surface area contributed by atoms with E-state index >= 15 is 0 Å². The van der Waals surface area contributed by atoms with E-state index in [4.69, 9.17) is 0 Å².